The second kappa shape index (κ2) is 4.99. The van der Waals surface area contributed by atoms with Crippen LogP contribution < -0.4 is 0 Å². The maximum absolute atomic E-state index is 2.69. The van der Waals surface area contributed by atoms with Crippen LogP contribution >= 0.6 is 0 Å². The molecule has 2 unspecified atom stereocenters. The lowest BCUT2D eigenvalue weighted by molar-refractivity contribution is 0.153. The fraction of sp³-hybridized carbons (Fsp3) is 1.00. The number of likely N-dealkylation sites (tertiary alicyclic amines) is 1. The molecule has 1 fully saturated rings. The molecule has 1 aliphatic heterocycles. The van der Waals surface area contributed by atoms with Crippen molar-refractivity contribution >= 4 is 0 Å². The molecule has 2 atom stereocenters. The highest BCUT2D eigenvalue weighted by Gasteiger charge is 2.29. The monoisotopic (exact) mass is 183 g/mol. The topological polar surface area (TPSA) is 3.24 Å². The number of nitrogens with zero attached hydrogens (tertiary/aromatic N) is 1. The van der Waals surface area contributed by atoms with Gasteiger partial charge in [0.05, 0.1) is 0 Å². The molecule has 78 valence electrons. The van der Waals surface area contributed by atoms with E-state index >= 15 is 0 Å². The Kier molecular flexibility index (Phi) is 4.24. The van der Waals surface area contributed by atoms with Crippen LogP contribution in [0.15, 0.2) is 0 Å². The molecular weight excluding hydrogens is 158 g/mol. The molecular formula is C12H25N. The second-order valence-corrected chi connectivity index (χ2v) is 4.81. The Labute approximate surface area is 83.5 Å². The summed E-state index contributed by atoms with van der Waals surface area (Å²) in [5, 5.41) is 0. The summed E-state index contributed by atoms with van der Waals surface area (Å²) in [7, 11) is 0. The van der Waals surface area contributed by atoms with Crippen molar-refractivity contribution in [3.63, 3.8) is 0 Å². The van der Waals surface area contributed by atoms with Gasteiger partial charge >= 0.3 is 0 Å². The Morgan fingerprint density at radius 2 is 2.00 bits per heavy atom. The zero-order chi connectivity index (χ0) is 9.84. The largest absolute Gasteiger partial charge is 0.298 e. The van der Waals surface area contributed by atoms with E-state index in [1.54, 1.807) is 0 Å². The van der Waals surface area contributed by atoms with Gasteiger partial charge in [0.15, 0.2) is 0 Å². The molecule has 0 radical (unpaired) electrons. The predicted molar refractivity (Wildman–Crippen MR) is 58.9 cm³/mol. The van der Waals surface area contributed by atoms with Crippen molar-refractivity contribution < 1.29 is 0 Å². The lowest BCUT2D eigenvalue weighted by atomic mass is 9.94. The zero-order valence-electron chi connectivity index (χ0n) is 9.71. The van der Waals surface area contributed by atoms with E-state index in [0.717, 1.165) is 18.0 Å². The molecule has 1 rings (SSSR count). The Balaban J connectivity index is 2.47. The molecule has 0 spiro atoms. The van der Waals surface area contributed by atoms with E-state index in [-0.39, 0.29) is 0 Å². The van der Waals surface area contributed by atoms with Crippen LogP contribution in [0.5, 0.6) is 0 Å². The van der Waals surface area contributed by atoms with E-state index in [1.807, 2.05) is 0 Å². The highest BCUT2D eigenvalue weighted by atomic mass is 15.2. The molecule has 0 saturated carbocycles. The molecule has 1 heterocycles. The van der Waals surface area contributed by atoms with Gasteiger partial charge in [0.2, 0.25) is 0 Å². The van der Waals surface area contributed by atoms with Crippen LogP contribution in [0, 0.1) is 5.92 Å². The average Bonchev–Trinajstić information content (AvgIpc) is 2.52. The third-order valence-electron chi connectivity index (χ3n) is 3.41. The highest BCUT2D eigenvalue weighted by molar-refractivity contribution is 4.84. The predicted octanol–water partition coefficient (Wildman–Crippen LogP) is 3.30. The van der Waals surface area contributed by atoms with E-state index in [9.17, 15) is 0 Å². The number of rotatable bonds is 4. The van der Waals surface area contributed by atoms with Crippen molar-refractivity contribution in [1.29, 1.82) is 0 Å². The fourth-order valence-corrected chi connectivity index (χ4v) is 2.71. The van der Waals surface area contributed by atoms with Gasteiger partial charge in [-0.3, -0.25) is 4.90 Å². The summed E-state index contributed by atoms with van der Waals surface area (Å²) in [5.41, 5.74) is 0. The molecule has 1 nitrogen and oxygen atoms in total. The molecule has 1 aliphatic rings. The number of hydrogen-bond donors (Lipinski definition) is 0. The summed E-state index contributed by atoms with van der Waals surface area (Å²) < 4.78 is 0. The average molecular weight is 183 g/mol. The summed E-state index contributed by atoms with van der Waals surface area (Å²) in [4.78, 5) is 2.69. The van der Waals surface area contributed by atoms with Crippen LogP contribution in [0.4, 0.5) is 0 Å². The van der Waals surface area contributed by atoms with Crippen molar-refractivity contribution in [2.24, 2.45) is 5.92 Å². The lowest BCUT2D eigenvalue weighted by Crippen LogP contribution is -2.39. The Hall–Kier alpha value is -0.0400. The maximum Gasteiger partial charge on any atom is 0.0124 e. The minimum atomic E-state index is 0.742. The van der Waals surface area contributed by atoms with Gasteiger partial charge in [-0.2, -0.15) is 0 Å². The zero-order valence-corrected chi connectivity index (χ0v) is 9.71. The maximum atomic E-state index is 2.69. The highest BCUT2D eigenvalue weighted by Crippen LogP contribution is 2.28. The molecule has 13 heavy (non-hydrogen) atoms. The van der Waals surface area contributed by atoms with Crippen molar-refractivity contribution in [2.45, 2.75) is 65.5 Å². The van der Waals surface area contributed by atoms with Gasteiger partial charge in [-0.05, 0) is 45.6 Å². The molecule has 0 amide bonds. The van der Waals surface area contributed by atoms with Gasteiger partial charge in [-0.1, -0.05) is 20.3 Å². The molecule has 0 aromatic heterocycles. The minimum absolute atomic E-state index is 0.742. The van der Waals surface area contributed by atoms with Crippen molar-refractivity contribution in [3.05, 3.63) is 0 Å². The summed E-state index contributed by atoms with van der Waals surface area (Å²) >= 11 is 0. The van der Waals surface area contributed by atoms with Gasteiger partial charge in [0, 0.05) is 12.1 Å². The normalized spacial score (nSPS) is 27.0. The third kappa shape index (κ3) is 2.70. The van der Waals surface area contributed by atoms with E-state index in [4.69, 9.17) is 0 Å². The summed E-state index contributed by atoms with van der Waals surface area (Å²) in [5.74, 6) is 0.898. The van der Waals surface area contributed by atoms with Crippen molar-refractivity contribution in [1.82, 2.24) is 4.90 Å². The van der Waals surface area contributed by atoms with Crippen LogP contribution in [0.3, 0.4) is 0 Å². The Morgan fingerprint density at radius 3 is 2.54 bits per heavy atom. The van der Waals surface area contributed by atoms with Gasteiger partial charge in [-0.25, -0.2) is 0 Å². The quantitative estimate of drug-likeness (QED) is 0.646. The van der Waals surface area contributed by atoms with E-state index in [0.29, 0.717) is 0 Å². The van der Waals surface area contributed by atoms with Crippen LogP contribution in [-0.2, 0) is 0 Å². The van der Waals surface area contributed by atoms with Gasteiger partial charge in [0.25, 0.3) is 0 Å². The lowest BCUT2D eigenvalue weighted by Gasteiger charge is -2.32. The molecule has 0 bridgehead atoms. The van der Waals surface area contributed by atoms with Crippen molar-refractivity contribution in [3.8, 4) is 0 Å². The summed E-state index contributed by atoms with van der Waals surface area (Å²) in [6, 6.07) is 1.62. The summed E-state index contributed by atoms with van der Waals surface area (Å²) in [6.45, 7) is 10.7. The molecule has 0 N–H and O–H groups in total. The second-order valence-electron chi connectivity index (χ2n) is 4.81. The third-order valence-corrected chi connectivity index (χ3v) is 3.41. The van der Waals surface area contributed by atoms with Gasteiger partial charge in [0.1, 0.15) is 0 Å². The molecule has 0 aliphatic carbocycles. The summed E-state index contributed by atoms with van der Waals surface area (Å²) in [6.07, 6.45) is 5.58. The fourth-order valence-electron chi connectivity index (χ4n) is 2.71. The van der Waals surface area contributed by atoms with Crippen LogP contribution in [0.2, 0.25) is 0 Å². The first-order valence-corrected chi connectivity index (χ1v) is 5.92. The van der Waals surface area contributed by atoms with E-state index < -0.39 is 0 Å². The SMILES string of the molecule is CCCC(C)C1CCCN1C(C)C. The molecule has 1 heteroatoms. The van der Waals surface area contributed by atoms with Crippen LogP contribution in [0.25, 0.3) is 0 Å². The van der Waals surface area contributed by atoms with E-state index in [2.05, 4.69) is 32.6 Å². The first-order chi connectivity index (χ1) is 6.16. The van der Waals surface area contributed by atoms with E-state index in [1.165, 1.54) is 32.2 Å². The van der Waals surface area contributed by atoms with Gasteiger partial charge < -0.3 is 0 Å². The first kappa shape index (κ1) is 11.0. The molecule has 1 saturated heterocycles. The Morgan fingerprint density at radius 1 is 1.31 bits per heavy atom. The molecule has 0 aromatic rings. The first-order valence-electron chi connectivity index (χ1n) is 5.92. The van der Waals surface area contributed by atoms with Gasteiger partial charge in [-0.15, -0.1) is 0 Å². The smallest absolute Gasteiger partial charge is 0.0124 e. The number of hydrogen-bond acceptors (Lipinski definition) is 1. The van der Waals surface area contributed by atoms with Crippen molar-refractivity contribution in [2.75, 3.05) is 6.54 Å². The molecule has 0 aromatic carbocycles. The Bertz CT molecular complexity index is 142. The van der Waals surface area contributed by atoms with Crippen LogP contribution in [0.1, 0.15) is 53.4 Å². The van der Waals surface area contributed by atoms with Crippen LogP contribution in [-0.4, -0.2) is 23.5 Å². The standard InChI is InChI=1S/C12H25N/c1-5-7-11(4)12-8-6-9-13(12)10(2)3/h10-12H,5-9H2,1-4H3. The minimum Gasteiger partial charge on any atom is -0.298 e.